The van der Waals surface area contributed by atoms with E-state index in [1.807, 2.05) is 61.5 Å². The van der Waals surface area contributed by atoms with Gasteiger partial charge in [-0.25, -0.2) is 0 Å². The Labute approximate surface area is 146 Å². The van der Waals surface area contributed by atoms with E-state index in [1.165, 1.54) is 4.88 Å². The van der Waals surface area contributed by atoms with E-state index in [2.05, 4.69) is 34.2 Å². The predicted molar refractivity (Wildman–Crippen MR) is 100 cm³/mol. The van der Waals surface area contributed by atoms with Crippen LogP contribution >= 0.6 is 11.3 Å². The minimum absolute atomic E-state index is 0.00252. The number of thiophene rings is 1. The molecule has 0 aliphatic carbocycles. The number of amides is 1. The van der Waals surface area contributed by atoms with Gasteiger partial charge >= 0.3 is 0 Å². The molecule has 122 valence electrons. The molecule has 1 aromatic heterocycles. The summed E-state index contributed by atoms with van der Waals surface area (Å²) in [6.45, 7) is 1.89. The van der Waals surface area contributed by atoms with Gasteiger partial charge in [-0.05, 0) is 36.1 Å². The summed E-state index contributed by atoms with van der Waals surface area (Å²) in [4.78, 5) is 13.7. The average molecular weight is 336 g/mol. The van der Waals surface area contributed by atoms with Gasteiger partial charge in [0.2, 0.25) is 5.91 Å². The highest BCUT2D eigenvalue weighted by Gasteiger charge is 2.21. The van der Waals surface area contributed by atoms with Crippen molar-refractivity contribution in [2.24, 2.45) is 0 Å². The molecule has 3 rings (SSSR count). The number of rotatable bonds is 6. The summed E-state index contributed by atoms with van der Waals surface area (Å²) in [5.41, 5.74) is 1.96. The van der Waals surface area contributed by atoms with Gasteiger partial charge < -0.3 is 5.32 Å². The topological polar surface area (TPSA) is 41.1 Å². The van der Waals surface area contributed by atoms with Crippen molar-refractivity contribution in [1.29, 1.82) is 0 Å². The van der Waals surface area contributed by atoms with Crippen LogP contribution in [0.3, 0.4) is 0 Å². The minimum atomic E-state index is -0.322. The molecule has 2 N–H and O–H groups in total. The fourth-order valence-electron chi connectivity index (χ4n) is 2.54. The Balaban J connectivity index is 1.74. The van der Waals surface area contributed by atoms with E-state index in [9.17, 15) is 4.79 Å². The number of benzene rings is 2. The van der Waals surface area contributed by atoms with E-state index in [0.717, 1.165) is 11.3 Å². The second-order valence-corrected chi connectivity index (χ2v) is 6.58. The van der Waals surface area contributed by atoms with Gasteiger partial charge in [-0.3, -0.25) is 10.1 Å². The molecule has 1 amide bonds. The molecule has 4 heteroatoms. The lowest BCUT2D eigenvalue weighted by molar-refractivity contribution is -0.117. The summed E-state index contributed by atoms with van der Waals surface area (Å²) in [7, 11) is 0. The van der Waals surface area contributed by atoms with Crippen molar-refractivity contribution in [3.63, 3.8) is 0 Å². The number of nitrogens with one attached hydrogen (secondary N) is 2. The molecule has 2 aromatic carbocycles. The van der Waals surface area contributed by atoms with Crippen molar-refractivity contribution in [2.45, 2.75) is 19.0 Å². The number of anilines is 1. The Morgan fingerprint density at radius 2 is 1.58 bits per heavy atom. The molecule has 2 atom stereocenters. The van der Waals surface area contributed by atoms with E-state index < -0.39 is 0 Å². The van der Waals surface area contributed by atoms with Crippen LogP contribution in [0.2, 0.25) is 0 Å². The summed E-state index contributed by atoms with van der Waals surface area (Å²) >= 11 is 1.69. The Hall–Kier alpha value is -2.43. The van der Waals surface area contributed by atoms with Crippen molar-refractivity contribution >= 4 is 22.9 Å². The zero-order valence-corrected chi connectivity index (χ0v) is 14.3. The molecule has 0 saturated carbocycles. The molecule has 1 heterocycles. The smallest absolute Gasteiger partial charge is 0.241 e. The van der Waals surface area contributed by atoms with Crippen LogP contribution in [0.4, 0.5) is 5.69 Å². The summed E-state index contributed by atoms with van der Waals surface area (Å²) in [5.74, 6) is -0.0429. The van der Waals surface area contributed by atoms with Gasteiger partial charge in [-0.1, -0.05) is 54.6 Å². The van der Waals surface area contributed by atoms with Gasteiger partial charge in [0.25, 0.3) is 0 Å². The van der Waals surface area contributed by atoms with E-state index in [4.69, 9.17) is 0 Å². The second kappa shape index (κ2) is 7.90. The molecule has 0 bridgehead atoms. The van der Waals surface area contributed by atoms with Crippen LogP contribution in [-0.4, -0.2) is 11.9 Å². The molecule has 24 heavy (non-hydrogen) atoms. The summed E-state index contributed by atoms with van der Waals surface area (Å²) in [6, 6.07) is 23.5. The van der Waals surface area contributed by atoms with E-state index >= 15 is 0 Å². The summed E-state index contributed by atoms with van der Waals surface area (Å²) in [5, 5.41) is 8.46. The lowest BCUT2D eigenvalue weighted by Gasteiger charge is -2.22. The van der Waals surface area contributed by atoms with Gasteiger partial charge in [0, 0.05) is 10.6 Å². The van der Waals surface area contributed by atoms with Gasteiger partial charge in [0.1, 0.15) is 0 Å². The Kier molecular flexibility index (Phi) is 5.41. The SMILES string of the molecule is C[C@@H](N[C@H](c1ccccc1)c1cccs1)C(=O)Nc1ccccc1. The van der Waals surface area contributed by atoms with Gasteiger partial charge in [-0.2, -0.15) is 0 Å². The first-order chi connectivity index (χ1) is 11.7. The van der Waals surface area contributed by atoms with Crippen molar-refractivity contribution < 1.29 is 4.79 Å². The molecule has 3 aromatic rings. The van der Waals surface area contributed by atoms with Crippen LogP contribution in [0, 0.1) is 0 Å². The molecule has 0 saturated heterocycles. The first-order valence-electron chi connectivity index (χ1n) is 7.94. The van der Waals surface area contributed by atoms with E-state index in [-0.39, 0.29) is 18.0 Å². The van der Waals surface area contributed by atoms with Gasteiger partial charge in [0.05, 0.1) is 12.1 Å². The van der Waals surface area contributed by atoms with E-state index in [1.54, 1.807) is 11.3 Å². The number of hydrogen-bond donors (Lipinski definition) is 2. The second-order valence-electron chi connectivity index (χ2n) is 5.60. The Morgan fingerprint density at radius 1 is 0.917 bits per heavy atom. The van der Waals surface area contributed by atoms with Crippen LogP contribution in [-0.2, 0) is 4.79 Å². The standard InChI is InChI=1S/C20H20N2OS/c1-15(20(23)22-17-11-6-3-7-12-17)21-19(18-13-8-14-24-18)16-9-4-2-5-10-16/h2-15,19,21H,1H3,(H,22,23)/t15-,19-/m1/s1. The minimum Gasteiger partial charge on any atom is -0.325 e. The average Bonchev–Trinajstić information content (AvgIpc) is 3.15. The highest BCUT2D eigenvalue weighted by Crippen LogP contribution is 2.26. The number of carbonyl (C=O) groups excluding carboxylic acids is 1. The van der Waals surface area contributed by atoms with Crippen LogP contribution < -0.4 is 10.6 Å². The fourth-order valence-corrected chi connectivity index (χ4v) is 3.35. The molecular formula is C20H20N2OS. The highest BCUT2D eigenvalue weighted by molar-refractivity contribution is 7.10. The maximum absolute atomic E-state index is 12.5. The Morgan fingerprint density at radius 3 is 2.21 bits per heavy atom. The Bertz CT molecular complexity index is 757. The predicted octanol–water partition coefficient (Wildman–Crippen LogP) is 4.45. The third kappa shape index (κ3) is 4.10. The maximum Gasteiger partial charge on any atom is 0.241 e. The largest absolute Gasteiger partial charge is 0.325 e. The third-order valence-electron chi connectivity index (χ3n) is 3.81. The lowest BCUT2D eigenvalue weighted by atomic mass is 10.0. The molecule has 0 fully saturated rings. The summed E-state index contributed by atoms with van der Waals surface area (Å²) < 4.78 is 0. The monoisotopic (exact) mass is 336 g/mol. The quantitative estimate of drug-likeness (QED) is 0.698. The zero-order chi connectivity index (χ0) is 16.8. The maximum atomic E-state index is 12.5. The molecule has 0 unspecified atom stereocenters. The van der Waals surface area contributed by atoms with Gasteiger partial charge in [0.15, 0.2) is 0 Å². The van der Waals surface area contributed by atoms with Crippen molar-refractivity contribution in [1.82, 2.24) is 5.32 Å². The molecule has 0 radical (unpaired) electrons. The third-order valence-corrected chi connectivity index (χ3v) is 4.75. The molecule has 0 aliphatic heterocycles. The fraction of sp³-hybridized carbons (Fsp3) is 0.150. The number of para-hydroxylation sites is 1. The van der Waals surface area contributed by atoms with Crippen LogP contribution in [0.25, 0.3) is 0 Å². The zero-order valence-electron chi connectivity index (χ0n) is 13.5. The van der Waals surface area contributed by atoms with Crippen molar-refractivity contribution in [2.75, 3.05) is 5.32 Å². The molecule has 0 spiro atoms. The first kappa shape index (κ1) is 16.4. The molecular weight excluding hydrogens is 316 g/mol. The van der Waals surface area contributed by atoms with Crippen LogP contribution in [0.5, 0.6) is 0 Å². The highest BCUT2D eigenvalue weighted by atomic mass is 32.1. The van der Waals surface area contributed by atoms with Crippen molar-refractivity contribution in [3.05, 3.63) is 88.6 Å². The number of carbonyl (C=O) groups is 1. The molecule has 3 nitrogen and oxygen atoms in total. The lowest BCUT2D eigenvalue weighted by Crippen LogP contribution is -2.40. The van der Waals surface area contributed by atoms with Gasteiger partial charge in [-0.15, -0.1) is 11.3 Å². The normalized spacial score (nSPS) is 13.2. The van der Waals surface area contributed by atoms with Crippen LogP contribution in [0.1, 0.15) is 23.4 Å². The number of hydrogen-bond acceptors (Lipinski definition) is 3. The van der Waals surface area contributed by atoms with E-state index in [0.29, 0.717) is 0 Å². The van der Waals surface area contributed by atoms with Crippen molar-refractivity contribution in [3.8, 4) is 0 Å². The molecule has 0 aliphatic rings. The van der Waals surface area contributed by atoms with Crippen LogP contribution in [0.15, 0.2) is 78.2 Å². The first-order valence-corrected chi connectivity index (χ1v) is 8.82. The summed E-state index contributed by atoms with van der Waals surface area (Å²) in [6.07, 6.45) is 0.